The zero-order valence-electron chi connectivity index (χ0n) is 18.5. The number of aliphatic hydroxyl groups is 1. The average Bonchev–Trinajstić information content (AvgIpc) is 2.96. The summed E-state index contributed by atoms with van der Waals surface area (Å²) in [7, 11) is 0. The average molecular weight is 419 g/mol. The van der Waals surface area contributed by atoms with Gasteiger partial charge in [-0.05, 0) is 58.8 Å². The molecule has 5 N–H and O–H groups in total. The van der Waals surface area contributed by atoms with Crippen molar-refractivity contribution in [3.8, 4) is 11.8 Å². The quantitative estimate of drug-likeness (QED) is 0.289. The molecule has 1 aliphatic rings. The number of nitrogens with zero attached hydrogens (tertiary/aromatic N) is 1. The van der Waals surface area contributed by atoms with Gasteiger partial charge in [0.25, 0.3) is 0 Å². The number of rotatable bonds is 13. The van der Waals surface area contributed by atoms with E-state index in [2.05, 4.69) is 32.1 Å². The summed E-state index contributed by atoms with van der Waals surface area (Å²) in [5, 5.41) is 29.7. The van der Waals surface area contributed by atoms with Crippen molar-refractivity contribution in [2.45, 2.75) is 65.3 Å². The largest absolute Gasteiger partial charge is 0.494 e. The zero-order chi connectivity index (χ0) is 21.9. The van der Waals surface area contributed by atoms with Gasteiger partial charge in [-0.25, -0.2) is 0 Å². The topological polar surface area (TPSA) is 101 Å². The number of aromatic hydroxyl groups is 2. The Hall–Kier alpha value is -2.02. The zero-order valence-corrected chi connectivity index (χ0v) is 18.5. The van der Waals surface area contributed by atoms with E-state index < -0.39 is 0 Å². The van der Waals surface area contributed by atoms with E-state index in [4.69, 9.17) is 15.6 Å². The molecule has 0 aromatic carbocycles. The molecule has 0 bridgehead atoms. The number of hydrogen-bond acceptors (Lipinski definition) is 5. The summed E-state index contributed by atoms with van der Waals surface area (Å²) in [5.74, 6) is 0.168. The molecule has 0 atom stereocenters. The summed E-state index contributed by atoms with van der Waals surface area (Å²) in [4.78, 5) is 0. The number of hydrogen-bond donors (Lipinski definition) is 4. The van der Waals surface area contributed by atoms with Gasteiger partial charge >= 0.3 is 0 Å². The molecule has 6 nitrogen and oxygen atoms in total. The van der Waals surface area contributed by atoms with Gasteiger partial charge in [0.05, 0.1) is 26.4 Å². The number of allylic oxidation sites excluding steroid dienone is 5. The molecule has 1 aliphatic carbocycles. The molecule has 0 radical (unpaired) electrons. The van der Waals surface area contributed by atoms with Crippen LogP contribution in [0.4, 0.5) is 0 Å². The molecular weight excluding hydrogens is 380 g/mol. The molecule has 30 heavy (non-hydrogen) atoms. The second-order valence-electron chi connectivity index (χ2n) is 8.05. The lowest BCUT2D eigenvalue weighted by Gasteiger charge is -2.13. The number of aliphatic hydroxyl groups excluding tert-OH is 1. The molecule has 6 heteroatoms. The van der Waals surface area contributed by atoms with Crippen molar-refractivity contribution >= 4 is 0 Å². The Morgan fingerprint density at radius 3 is 2.50 bits per heavy atom. The first-order valence-corrected chi connectivity index (χ1v) is 11.0. The Morgan fingerprint density at radius 1 is 1.07 bits per heavy atom. The maximum atomic E-state index is 10.4. The van der Waals surface area contributed by atoms with Crippen molar-refractivity contribution in [1.82, 2.24) is 4.57 Å². The molecule has 168 valence electrons. The Labute approximate surface area is 180 Å². The maximum Gasteiger partial charge on any atom is 0.197 e. The fraction of sp³-hybridized carbons (Fsp3) is 0.583. The van der Waals surface area contributed by atoms with Crippen LogP contribution < -0.4 is 5.73 Å². The lowest BCUT2D eigenvalue weighted by Crippen LogP contribution is -2.09. The Balaban J connectivity index is 1.75. The number of nitrogens with two attached hydrogens (primary N) is 1. The Bertz CT molecular complexity index is 775. The van der Waals surface area contributed by atoms with Crippen molar-refractivity contribution in [1.29, 1.82) is 0 Å². The molecule has 0 fully saturated rings. The molecule has 1 heterocycles. The van der Waals surface area contributed by atoms with E-state index >= 15 is 0 Å². The molecule has 0 unspecified atom stereocenters. The van der Waals surface area contributed by atoms with Crippen LogP contribution in [0.2, 0.25) is 0 Å². The van der Waals surface area contributed by atoms with Gasteiger partial charge in [-0.3, -0.25) is 4.57 Å². The molecule has 0 aliphatic heterocycles. The van der Waals surface area contributed by atoms with E-state index in [9.17, 15) is 10.2 Å². The van der Waals surface area contributed by atoms with Gasteiger partial charge in [-0.2, -0.15) is 0 Å². The second kappa shape index (κ2) is 12.6. The van der Waals surface area contributed by atoms with Gasteiger partial charge in [0.2, 0.25) is 0 Å². The maximum absolute atomic E-state index is 10.4. The van der Waals surface area contributed by atoms with Crippen LogP contribution in [0.1, 0.15) is 57.1 Å². The molecule has 0 saturated carbocycles. The number of aromatic nitrogens is 1. The smallest absolute Gasteiger partial charge is 0.197 e. The monoisotopic (exact) mass is 418 g/mol. The van der Waals surface area contributed by atoms with Crippen molar-refractivity contribution < 1.29 is 20.1 Å². The molecule has 0 spiro atoms. The third kappa shape index (κ3) is 7.04. The molecule has 1 aromatic heterocycles. The van der Waals surface area contributed by atoms with Crippen LogP contribution in [0.3, 0.4) is 0 Å². The highest BCUT2D eigenvalue weighted by Crippen LogP contribution is 2.39. The lowest BCUT2D eigenvalue weighted by atomic mass is 9.91. The van der Waals surface area contributed by atoms with Crippen LogP contribution in [0.25, 0.3) is 0 Å². The predicted molar refractivity (Wildman–Crippen MR) is 121 cm³/mol. The fourth-order valence-corrected chi connectivity index (χ4v) is 3.82. The summed E-state index contributed by atoms with van der Waals surface area (Å²) in [6.07, 6.45) is 13.0. The molecule has 2 rings (SSSR count). The van der Waals surface area contributed by atoms with Gasteiger partial charge in [0, 0.05) is 17.7 Å². The molecule has 0 amide bonds. The van der Waals surface area contributed by atoms with E-state index in [-0.39, 0.29) is 24.9 Å². The highest BCUT2D eigenvalue weighted by Gasteiger charge is 2.24. The van der Waals surface area contributed by atoms with Crippen molar-refractivity contribution in [2.24, 2.45) is 5.73 Å². The summed E-state index contributed by atoms with van der Waals surface area (Å²) in [6.45, 7) is 6.36. The minimum atomic E-state index is -0.115. The summed E-state index contributed by atoms with van der Waals surface area (Å²) >= 11 is 0. The van der Waals surface area contributed by atoms with E-state index in [1.54, 1.807) is 0 Å². The summed E-state index contributed by atoms with van der Waals surface area (Å²) in [5.41, 5.74) is 11.0. The third-order valence-electron chi connectivity index (χ3n) is 5.63. The normalized spacial score (nSPS) is 14.7. The second-order valence-corrected chi connectivity index (χ2v) is 8.05. The highest BCUT2D eigenvalue weighted by atomic mass is 16.5. The first-order valence-electron chi connectivity index (χ1n) is 11.0. The van der Waals surface area contributed by atoms with E-state index in [0.29, 0.717) is 26.0 Å². The SMILES string of the molecule is CC(=CCCC1=CCc2c(c(O)n(CCO)c2O)C1)CCC=C(C)CCOCCN. The first kappa shape index (κ1) is 24.3. The standard InChI is InChI=1S/C24H38N2O4/c1-18(5-3-6-19(2)11-15-30-16-12-25)7-4-8-20-9-10-21-22(17-20)24(29)26(13-14-27)23(21)28/h6-7,9,27-29H,3-5,8,10-17,25H2,1-2H3. The Morgan fingerprint density at radius 2 is 1.77 bits per heavy atom. The predicted octanol–water partition coefficient (Wildman–Crippen LogP) is 3.74. The summed E-state index contributed by atoms with van der Waals surface area (Å²) < 4.78 is 6.81. The fourth-order valence-electron chi connectivity index (χ4n) is 3.82. The van der Waals surface area contributed by atoms with Crippen molar-refractivity contribution in [2.75, 3.05) is 26.4 Å². The molecular formula is C24H38N2O4. The van der Waals surface area contributed by atoms with Crippen LogP contribution in [0, 0.1) is 0 Å². The highest BCUT2D eigenvalue weighted by molar-refractivity contribution is 5.50. The van der Waals surface area contributed by atoms with Crippen molar-refractivity contribution in [3.63, 3.8) is 0 Å². The van der Waals surface area contributed by atoms with Gasteiger partial charge < -0.3 is 25.8 Å². The van der Waals surface area contributed by atoms with Crippen LogP contribution in [-0.4, -0.2) is 46.3 Å². The minimum Gasteiger partial charge on any atom is -0.494 e. The lowest BCUT2D eigenvalue weighted by molar-refractivity contribution is 0.144. The van der Waals surface area contributed by atoms with Crippen LogP contribution >= 0.6 is 0 Å². The van der Waals surface area contributed by atoms with E-state index in [0.717, 1.165) is 49.8 Å². The molecule has 0 saturated heterocycles. The number of fused-ring (bicyclic) bond motifs is 1. The van der Waals surface area contributed by atoms with Crippen LogP contribution in [0.5, 0.6) is 11.8 Å². The van der Waals surface area contributed by atoms with Gasteiger partial charge in [0.1, 0.15) is 0 Å². The molecule has 1 aromatic rings. The van der Waals surface area contributed by atoms with Gasteiger partial charge in [-0.15, -0.1) is 0 Å². The Kier molecular flexibility index (Phi) is 10.2. The minimum absolute atomic E-state index is 0.0804. The van der Waals surface area contributed by atoms with E-state index in [1.165, 1.54) is 21.3 Å². The third-order valence-corrected chi connectivity index (χ3v) is 5.63. The number of ether oxygens (including phenoxy) is 1. The van der Waals surface area contributed by atoms with Crippen LogP contribution in [0.15, 0.2) is 34.9 Å². The van der Waals surface area contributed by atoms with E-state index in [1.807, 2.05) is 0 Å². The first-order chi connectivity index (χ1) is 14.5. The summed E-state index contributed by atoms with van der Waals surface area (Å²) in [6, 6.07) is 0. The van der Waals surface area contributed by atoms with Crippen LogP contribution in [-0.2, 0) is 24.1 Å². The van der Waals surface area contributed by atoms with Gasteiger partial charge in [-0.1, -0.05) is 34.9 Å². The van der Waals surface area contributed by atoms with Crippen molar-refractivity contribution in [3.05, 3.63) is 46.1 Å². The van der Waals surface area contributed by atoms with Gasteiger partial charge in [0.15, 0.2) is 11.8 Å².